The molecule has 0 aliphatic rings. The Labute approximate surface area is 64.3 Å². The molecule has 60 valence electrons. The van der Waals surface area contributed by atoms with Crippen molar-refractivity contribution in [3.63, 3.8) is 0 Å². The molecule has 1 unspecified atom stereocenters. The summed E-state index contributed by atoms with van der Waals surface area (Å²) in [5, 5.41) is 0. The fourth-order valence-electron chi connectivity index (χ4n) is 0.692. The van der Waals surface area contributed by atoms with Gasteiger partial charge < -0.3 is 5.73 Å². The van der Waals surface area contributed by atoms with E-state index in [-0.39, 0.29) is 0 Å². The first-order chi connectivity index (χ1) is 4.66. The van der Waals surface area contributed by atoms with E-state index in [1.54, 1.807) is 0 Å². The summed E-state index contributed by atoms with van der Waals surface area (Å²) in [6.07, 6.45) is 6.48. The lowest BCUT2D eigenvalue weighted by atomic mass is 10.1. The van der Waals surface area contributed by atoms with Crippen molar-refractivity contribution in [2.45, 2.75) is 39.7 Å². The van der Waals surface area contributed by atoms with Crippen LogP contribution in [0.1, 0.15) is 33.6 Å². The van der Waals surface area contributed by atoms with E-state index >= 15 is 0 Å². The van der Waals surface area contributed by atoms with Gasteiger partial charge in [-0.05, 0) is 18.8 Å². The Morgan fingerprint density at radius 1 is 1.40 bits per heavy atom. The second kappa shape index (κ2) is 5.48. The number of nitrogens with two attached hydrogens (primary N) is 1. The van der Waals surface area contributed by atoms with E-state index in [1.165, 1.54) is 0 Å². The first kappa shape index (κ1) is 9.70. The van der Waals surface area contributed by atoms with Gasteiger partial charge in [0.05, 0.1) is 0 Å². The molecule has 10 heavy (non-hydrogen) atoms. The van der Waals surface area contributed by atoms with Crippen LogP contribution in [0.25, 0.3) is 0 Å². The lowest BCUT2D eigenvalue weighted by molar-refractivity contribution is 0.655. The van der Waals surface area contributed by atoms with Crippen LogP contribution in [0.2, 0.25) is 0 Å². The normalized spacial score (nSPS) is 14.9. The molecule has 2 N–H and O–H groups in total. The quantitative estimate of drug-likeness (QED) is 0.597. The number of allylic oxidation sites excluding steroid dienone is 1. The highest BCUT2D eigenvalue weighted by Crippen LogP contribution is 1.98. The van der Waals surface area contributed by atoms with Gasteiger partial charge in [-0.2, -0.15) is 0 Å². The molecule has 0 saturated carbocycles. The molecule has 0 aromatic rings. The van der Waals surface area contributed by atoms with Gasteiger partial charge >= 0.3 is 0 Å². The maximum atomic E-state index is 5.71. The van der Waals surface area contributed by atoms with E-state index in [0.29, 0.717) is 12.0 Å². The Hall–Kier alpha value is -0.300. The molecule has 1 nitrogen and oxygen atoms in total. The van der Waals surface area contributed by atoms with Gasteiger partial charge in [0.2, 0.25) is 0 Å². The van der Waals surface area contributed by atoms with Crippen molar-refractivity contribution < 1.29 is 0 Å². The van der Waals surface area contributed by atoms with E-state index in [4.69, 9.17) is 5.73 Å². The third-order valence-electron chi connectivity index (χ3n) is 1.48. The molecule has 0 fully saturated rings. The van der Waals surface area contributed by atoms with E-state index < -0.39 is 0 Å². The molecule has 0 aliphatic carbocycles. The molecule has 1 heteroatoms. The molecular formula is C9H19N. The molecule has 0 bridgehead atoms. The van der Waals surface area contributed by atoms with E-state index in [2.05, 4.69) is 32.9 Å². The Morgan fingerprint density at radius 3 is 2.40 bits per heavy atom. The third-order valence-corrected chi connectivity index (χ3v) is 1.48. The fraction of sp³-hybridized carbons (Fsp3) is 0.778. The molecule has 0 rings (SSSR count). The van der Waals surface area contributed by atoms with Crippen molar-refractivity contribution in [2.24, 2.45) is 11.7 Å². The average Bonchev–Trinajstić information content (AvgIpc) is 1.87. The summed E-state index contributed by atoms with van der Waals surface area (Å²) in [5.74, 6) is 0.657. The highest BCUT2D eigenvalue weighted by molar-refractivity contribution is 4.87. The predicted octanol–water partition coefficient (Wildman–Crippen LogP) is 2.33. The molecule has 1 atom stereocenters. The Morgan fingerprint density at radius 2 is 2.00 bits per heavy atom. The minimum absolute atomic E-state index is 0.356. The zero-order chi connectivity index (χ0) is 7.98. The van der Waals surface area contributed by atoms with Crippen LogP contribution in [0.4, 0.5) is 0 Å². The standard InChI is InChI=1S/C9H19N/c1-4-9(10)7-5-6-8(2)3/h5-6,8-9H,4,7,10H2,1-3H3/b6-5+. The van der Waals surface area contributed by atoms with Crippen LogP contribution in [0, 0.1) is 5.92 Å². The molecular weight excluding hydrogens is 122 g/mol. The summed E-state index contributed by atoms with van der Waals surface area (Å²) in [5.41, 5.74) is 5.71. The van der Waals surface area contributed by atoms with Gasteiger partial charge in [-0.3, -0.25) is 0 Å². The highest BCUT2D eigenvalue weighted by Gasteiger charge is 1.93. The predicted molar refractivity (Wildman–Crippen MR) is 46.9 cm³/mol. The Kier molecular flexibility index (Phi) is 5.32. The molecule has 0 aliphatic heterocycles. The monoisotopic (exact) mass is 141 g/mol. The first-order valence-electron chi connectivity index (χ1n) is 4.09. The van der Waals surface area contributed by atoms with Gasteiger partial charge in [-0.25, -0.2) is 0 Å². The third kappa shape index (κ3) is 5.83. The Bertz CT molecular complexity index is 94.9. The second-order valence-electron chi connectivity index (χ2n) is 3.08. The Balaban J connectivity index is 3.33. The van der Waals surface area contributed by atoms with Crippen LogP contribution in [-0.2, 0) is 0 Å². The summed E-state index contributed by atoms with van der Waals surface area (Å²) in [4.78, 5) is 0. The van der Waals surface area contributed by atoms with Gasteiger partial charge in [0.25, 0.3) is 0 Å². The molecule has 0 spiro atoms. The SMILES string of the molecule is CCC(N)C/C=C/C(C)C. The van der Waals surface area contributed by atoms with Crippen molar-refractivity contribution in [1.29, 1.82) is 0 Å². The van der Waals surface area contributed by atoms with E-state index in [9.17, 15) is 0 Å². The fourth-order valence-corrected chi connectivity index (χ4v) is 0.692. The van der Waals surface area contributed by atoms with Gasteiger partial charge in [-0.1, -0.05) is 32.9 Å². The maximum Gasteiger partial charge on any atom is 0.00707 e. The van der Waals surface area contributed by atoms with Gasteiger partial charge in [-0.15, -0.1) is 0 Å². The van der Waals surface area contributed by atoms with Gasteiger partial charge in [0.15, 0.2) is 0 Å². The zero-order valence-corrected chi connectivity index (χ0v) is 7.30. The first-order valence-corrected chi connectivity index (χ1v) is 4.09. The average molecular weight is 141 g/mol. The number of rotatable bonds is 4. The summed E-state index contributed by atoms with van der Waals surface area (Å²) in [7, 11) is 0. The molecule has 0 saturated heterocycles. The van der Waals surface area contributed by atoms with Gasteiger partial charge in [0, 0.05) is 6.04 Å². The lowest BCUT2D eigenvalue weighted by Gasteiger charge is -2.03. The minimum Gasteiger partial charge on any atom is -0.327 e. The molecule has 0 amide bonds. The molecule has 0 aromatic heterocycles. The second-order valence-corrected chi connectivity index (χ2v) is 3.08. The number of hydrogen-bond donors (Lipinski definition) is 1. The van der Waals surface area contributed by atoms with Crippen LogP contribution in [-0.4, -0.2) is 6.04 Å². The smallest absolute Gasteiger partial charge is 0.00707 e. The van der Waals surface area contributed by atoms with Gasteiger partial charge in [0.1, 0.15) is 0 Å². The van der Waals surface area contributed by atoms with E-state index in [1.807, 2.05) is 0 Å². The zero-order valence-electron chi connectivity index (χ0n) is 7.30. The molecule has 0 aromatic carbocycles. The summed E-state index contributed by atoms with van der Waals surface area (Å²) < 4.78 is 0. The maximum absolute atomic E-state index is 5.71. The lowest BCUT2D eigenvalue weighted by Crippen LogP contribution is -2.16. The van der Waals surface area contributed by atoms with Crippen LogP contribution in [0.3, 0.4) is 0 Å². The van der Waals surface area contributed by atoms with E-state index in [0.717, 1.165) is 12.8 Å². The van der Waals surface area contributed by atoms with Crippen LogP contribution in [0.5, 0.6) is 0 Å². The van der Waals surface area contributed by atoms with Crippen LogP contribution >= 0.6 is 0 Å². The summed E-state index contributed by atoms with van der Waals surface area (Å²) in [6, 6.07) is 0.356. The number of hydrogen-bond acceptors (Lipinski definition) is 1. The molecule has 0 radical (unpaired) electrons. The topological polar surface area (TPSA) is 26.0 Å². The molecule has 0 heterocycles. The van der Waals surface area contributed by atoms with Crippen molar-refractivity contribution in [2.75, 3.05) is 0 Å². The van der Waals surface area contributed by atoms with Crippen molar-refractivity contribution in [3.05, 3.63) is 12.2 Å². The summed E-state index contributed by atoms with van der Waals surface area (Å²) >= 11 is 0. The van der Waals surface area contributed by atoms with Crippen LogP contribution in [0.15, 0.2) is 12.2 Å². The minimum atomic E-state index is 0.356. The van der Waals surface area contributed by atoms with Crippen molar-refractivity contribution in [1.82, 2.24) is 0 Å². The van der Waals surface area contributed by atoms with Crippen molar-refractivity contribution >= 4 is 0 Å². The van der Waals surface area contributed by atoms with Crippen molar-refractivity contribution in [3.8, 4) is 0 Å². The summed E-state index contributed by atoms with van der Waals surface area (Å²) in [6.45, 7) is 6.47. The largest absolute Gasteiger partial charge is 0.327 e. The van der Waals surface area contributed by atoms with Crippen LogP contribution < -0.4 is 5.73 Å². The highest BCUT2D eigenvalue weighted by atomic mass is 14.6.